The summed E-state index contributed by atoms with van der Waals surface area (Å²) in [6.07, 6.45) is 2.91. The predicted molar refractivity (Wildman–Crippen MR) is 96.6 cm³/mol. The van der Waals surface area contributed by atoms with Gasteiger partial charge in [0.05, 0.1) is 5.02 Å². The molecule has 1 aromatic heterocycles. The minimum absolute atomic E-state index is 0.0954. The Bertz CT molecular complexity index is 803. The maximum absolute atomic E-state index is 12.2. The SMILES string of the molecule is FCCOc1cccc(CNCCc2c[nH]c3cccc(Cl)c23)c1. The molecule has 0 aliphatic carbocycles. The molecule has 1 heterocycles. The molecule has 3 aromatic rings. The van der Waals surface area contributed by atoms with Gasteiger partial charge in [-0.1, -0.05) is 29.8 Å². The fourth-order valence-corrected chi connectivity index (χ4v) is 3.06. The average molecular weight is 347 g/mol. The summed E-state index contributed by atoms with van der Waals surface area (Å²) < 4.78 is 17.5. The van der Waals surface area contributed by atoms with Gasteiger partial charge >= 0.3 is 0 Å². The number of nitrogens with one attached hydrogen (secondary N) is 2. The monoisotopic (exact) mass is 346 g/mol. The van der Waals surface area contributed by atoms with Gasteiger partial charge in [0.1, 0.15) is 19.0 Å². The number of ether oxygens (including phenoxy) is 1. The van der Waals surface area contributed by atoms with Crippen molar-refractivity contribution in [3.63, 3.8) is 0 Å². The second-order valence-electron chi connectivity index (χ2n) is 5.59. The Hall–Kier alpha value is -2.04. The Kier molecular flexibility index (Phi) is 5.72. The van der Waals surface area contributed by atoms with E-state index in [0.29, 0.717) is 5.75 Å². The first kappa shape index (κ1) is 16.8. The maximum atomic E-state index is 12.2. The summed E-state index contributed by atoms with van der Waals surface area (Å²) in [6, 6.07) is 13.6. The van der Waals surface area contributed by atoms with E-state index in [1.165, 1.54) is 5.56 Å². The van der Waals surface area contributed by atoms with Crippen molar-refractivity contribution >= 4 is 22.5 Å². The highest BCUT2D eigenvalue weighted by atomic mass is 35.5. The number of rotatable bonds is 8. The number of aromatic nitrogens is 1. The van der Waals surface area contributed by atoms with Crippen LogP contribution in [0.4, 0.5) is 4.39 Å². The van der Waals surface area contributed by atoms with Gasteiger partial charge in [-0.2, -0.15) is 0 Å². The van der Waals surface area contributed by atoms with Gasteiger partial charge in [-0.25, -0.2) is 4.39 Å². The van der Waals surface area contributed by atoms with Gasteiger partial charge in [-0.3, -0.25) is 0 Å². The largest absolute Gasteiger partial charge is 0.491 e. The Morgan fingerprint density at radius 1 is 1.17 bits per heavy atom. The van der Waals surface area contributed by atoms with Crippen molar-refractivity contribution in [2.45, 2.75) is 13.0 Å². The van der Waals surface area contributed by atoms with Crippen LogP contribution < -0.4 is 10.1 Å². The third-order valence-electron chi connectivity index (χ3n) is 3.88. The van der Waals surface area contributed by atoms with Crippen LogP contribution >= 0.6 is 11.6 Å². The molecule has 0 unspecified atom stereocenters. The molecule has 5 heteroatoms. The van der Waals surface area contributed by atoms with E-state index in [9.17, 15) is 4.39 Å². The lowest BCUT2D eigenvalue weighted by molar-refractivity contribution is 0.273. The third-order valence-corrected chi connectivity index (χ3v) is 4.20. The van der Waals surface area contributed by atoms with Crippen molar-refractivity contribution in [3.05, 3.63) is 64.8 Å². The minimum atomic E-state index is -0.477. The zero-order chi connectivity index (χ0) is 16.8. The van der Waals surface area contributed by atoms with Crippen LogP contribution in [0.5, 0.6) is 5.75 Å². The number of halogens is 2. The maximum Gasteiger partial charge on any atom is 0.123 e. The Morgan fingerprint density at radius 3 is 2.92 bits per heavy atom. The number of benzene rings is 2. The zero-order valence-corrected chi connectivity index (χ0v) is 14.1. The number of hydrogen-bond donors (Lipinski definition) is 2. The van der Waals surface area contributed by atoms with Crippen LogP contribution in [0, 0.1) is 0 Å². The number of alkyl halides is 1. The predicted octanol–water partition coefficient (Wildman–Crippen LogP) is 4.50. The summed E-state index contributed by atoms with van der Waals surface area (Å²) in [4.78, 5) is 3.26. The standard InChI is InChI=1S/C19H20ClFN2O/c20-17-5-2-6-18-19(17)15(13-23-18)7-9-22-12-14-3-1-4-16(11-14)24-10-8-21/h1-6,11,13,22-23H,7-10,12H2. The molecule has 0 amide bonds. The summed E-state index contributed by atoms with van der Waals surface area (Å²) in [5, 5.41) is 5.30. The number of hydrogen-bond acceptors (Lipinski definition) is 2. The summed E-state index contributed by atoms with van der Waals surface area (Å²) >= 11 is 6.29. The van der Waals surface area contributed by atoms with Crippen molar-refractivity contribution in [1.29, 1.82) is 0 Å². The van der Waals surface area contributed by atoms with E-state index in [2.05, 4.69) is 10.3 Å². The Balaban J connectivity index is 1.53. The van der Waals surface area contributed by atoms with Gasteiger partial charge in [0, 0.05) is 23.6 Å². The first-order valence-corrected chi connectivity index (χ1v) is 8.38. The van der Waals surface area contributed by atoms with E-state index in [1.807, 2.05) is 48.7 Å². The van der Waals surface area contributed by atoms with Crippen LogP contribution in [-0.2, 0) is 13.0 Å². The Morgan fingerprint density at radius 2 is 2.04 bits per heavy atom. The molecular formula is C19H20ClFN2O. The zero-order valence-electron chi connectivity index (χ0n) is 13.3. The molecule has 3 rings (SSSR count). The van der Waals surface area contributed by atoms with Gasteiger partial charge in [0.25, 0.3) is 0 Å². The summed E-state index contributed by atoms with van der Waals surface area (Å²) in [7, 11) is 0. The summed E-state index contributed by atoms with van der Waals surface area (Å²) in [5.41, 5.74) is 3.39. The lowest BCUT2D eigenvalue weighted by Gasteiger charge is -2.08. The average Bonchev–Trinajstić information content (AvgIpc) is 3.02. The number of aromatic amines is 1. The van der Waals surface area contributed by atoms with E-state index in [4.69, 9.17) is 16.3 Å². The highest BCUT2D eigenvalue weighted by Crippen LogP contribution is 2.26. The fourth-order valence-electron chi connectivity index (χ4n) is 2.76. The molecule has 0 bridgehead atoms. The van der Waals surface area contributed by atoms with E-state index in [1.54, 1.807) is 0 Å². The minimum Gasteiger partial charge on any atom is -0.491 e. The van der Waals surface area contributed by atoms with E-state index in [0.717, 1.165) is 41.0 Å². The van der Waals surface area contributed by atoms with Crippen molar-refractivity contribution in [1.82, 2.24) is 10.3 Å². The molecule has 0 spiro atoms. The number of H-pyrrole nitrogens is 1. The number of fused-ring (bicyclic) bond motifs is 1. The lowest BCUT2D eigenvalue weighted by atomic mass is 10.1. The summed E-state index contributed by atoms with van der Waals surface area (Å²) in [6.45, 7) is 1.20. The van der Waals surface area contributed by atoms with E-state index < -0.39 is 6.67 Å². The van der Waals surface area contributed by atoms with Crippen LogP contribution in [0.2, 0.25) is 5.02 Å². The van der Waals surface area contributed by atoms with Crippen LogP contribution in [0.15, 0.2) is 48.7 Å². The molecule has 3 nitrogen and oxygen atoms in total. The van der Waals surface area contributed by atoms with Crippen molar-refractivity contribution < 1.29 is 9.13 Å². The van der Waals surface area contributed by atoms with Gasteiger partial charge in [-0.15, -0.1) is 0 Å². The van der Waals surface area contributed by atoms with E-state index >= 15 is 0 Å². The molecule has 0 saturated heterocycles. The molecule has 0 aliphatic heterocycles. The lowest BCUT2D eigenvalue weighted by Crippen LogP contribution is -2.16. The van der Waals surface area contributed by atoms with Crippen LogP contribution in [0.1, 0.15) is 11.1 Å². The molecule has 24 heavy (non-hydrogen) atoms. The van der Waals surface area contributed by atoms with Crippen molar-refractivity contribution in [2.24, 2.45) is 0 Å². The molecule has 0 fully saturated rings. The quantitative estimate of drug-likeness (QED) is 0.589. The van der Waals surface area contributed by atoms with Gasteiger partial charge in [0.2, 0.25) is 0 Å². The smallest absolute Gasteiger partial charge is 0.123 e. The molecule has 0 atom stereocenters. The molecule has 0 radical (unpaired) electrons. The second-order valence-corrected chi connectivity index (χ2v) is 6.00. The highest BCUT2D eigenvalue weighted by Gasteiger charge is 2.06. The Labute approximate surface area is 145 Å². The van der Waals surface area contributed by atoms with Crippen LogP contribution in [0.3, 0.4) is 0 Å². The van der Waals surface area contributed by atoms with Crippen molar-refractivity contribution in [3.8, 4) is 5.75 Å². The molecule has 0 aliphatic rings. The molecule has 2 N–H and O–H groups in total. The topological polar surface area (TPSA) is 37.0 Å². The first-order valence-electron chi connectivity index (χ1n) is 8.01. The third kappa shape index (κ3) is 4.08. The normalized spacial score (nSPS) is 11.1. The van der Waals surface area contributed by atoms with Crippen LogP contribution in [-0.4, -0.2) is 24.8 Å². The van der Waals surface area contributed by atoms with Gasteiger partial charge < -0.3 is 15.0 Å². The summed E-state index contributed by atoms with van der Waals surface area (Å²) in [5.74, 6) is 0.704. The van der Waals surface area contributed by atoms with Gasteiger partial charge in [0.15, 0.2) is 0 Å². The highest BCUT2D eigenvalue weighted by molar-refractivity contribution is 6.35. The van der Waals surface area contributed by atoms with Gasteiger partial charge in [-0.05, 0) is 48.4 Å². The fraction of sp³-hybridized carbons (Fsp3) is 0.263. The molecular weight excluding hydrogens is 327 g/mol. The molecule has 0 saturated carbocycles. The van der Waals surface area contributed by atoms with E-state index in [-0.39, 0.29) is 6.61 Å². The first-order chi connectivity index (χ1) is 11.8. The molecule has 2 aromatic carbocycles. The van der Waals surface area contributed by atoms with Crippen LogP contribution in [0.25, 0.3) is 10.9 Å². The van der Waals surface area contributed by atoms with Crippen molar-refractivity contribution in [2.75, 3.05) is 19.8 Å². The second kappa shape index (κ2) is 8.18. The molecule has 126 valence electrons.